The van der Waals surface area contributed by atoms with Crippen LogP contribution in [0.1, 0.15) is 16.9 Å². The molecule has 0 saturated heterocycles. The number of furan rings is 1. The summed E-state index contributed by atoms with van der Waals surface area (Å²) in [5.74, 6) is -0.0977. The highest BCUT2D eigenvalue weighted by Gasteiger charge is 2.29. The molecule has 2 heterocycles. The summed E-state index contributed by atoms with van der Waals surface area (Å²) in [6.07, 6.45) is 0. The van der Waals surface area contributed by atoms with Crippen molar-refractivity contribution in [1.29, 1.82) is 5.41 Å². The van der Waals surface area contributed by atoms with Crippen LogP contribution in [0.5, 0.6) is 0 Å². The van der Waals surface area contributed by atoms with Crippen molar-refractivity contribution in [2.24, 2.45) is 10.8 Å². The van der Waals surface area contributed by atoms with E-state index in [4.69, 9.17) is 15.6 Å². The fourth-order valence-electron chi connectivity index (χ4n) is 3.39. The van der Waals surface area contributed by atoms with Crippen LogP contribution in [0.15, 0.2) is 57.6 Å². The number of amidine groups is 1. The summed E-state index contributed by atoms with van der Waals surface area (Å²) in [6, 6.07) is 13.5. The zero-order valence-electron chi connectivity index (χ0n) is 16.9. The van der Waals surface area contributed by atoms with Crippen LogP contribution in [-0.2, 0) is 4.79 Å². The molecule has 2 aromatic carbocycles. The van der Waals surface area contributed by atoms with Crippen molar-refractivity contribution in [3.8, 4) is 0 Å². The number of carbonyl (C=O) groups excluding carboxylic acids is 1. The maximum Gasteiger partial charge on any atom is 0.290 e. The van der Waals surface area contributed by atoms with Crippen LogP contribution in [0.2, 0.25) is 0 Å². The Morgan fingerprint density at radius 3 is 2.53 bits per heavy atom. The van der Waals surface area contributed by atoms with Crippen molar-refractivity contribution in [3.63, 3.8) is 0 Å². The minimum absolute atomic E-state index is 0.0324. The van der Waals surface area contributed by atoms with Gasteiger partial charge in [0.2, 0.25) is 0 Å². The molecule has 1 amide bonds. The minimum Gasteiger partial charge on any atom is -0.454 e. The lowest BCUT2D eigenvalue weighted by molar-refractivity contribution is -0.114. The maximum atomic E-state index is 12.1. The van der Waals surface area contributed by atoms with Crippen LogP contribution in [0.3, 0.4) is 0 Å². The summed E-state index contributed by atoms with van der Waals surface area (Å²) in [4.78, 5) is 12.1. The molecule has 1 aromatic heterocycles. The van der Waals surface area contributed by atoms with E-state index in [-0.39, 0.29) is 17.1 Å². The van der Waals surface area contributed by atoms with Gasteiger partial charge in [-0.05, 0) is 50.2 Å². The fourth-order valence-corrected chi connectivity index (χ4v) is 3.39. The van der Waals surface area contributed by atoms with Crippen LogP contribution < -0.4 is 21.8 Å². The van der Waals surface area contributed by atoms with Crippen LogP contribution in [0, 0.1) is 19.3 Å². The van der Waals surface area contributed by atoms with Gasteiger partial charge in [-0.3, -0.25) is 10.2 Å². The van der Waals surface area contributed by atoms with Gasteiger partial charge in [-0.1, -0.05) is 11.6 Å². The van der Waals surface area contributed by atoms with Gasteiger partial charge in [0.15, 0.2) is 11.6 Å². The Morgan fingerprint density at radius 2 is 1.83 bits per heavy atom. The number of nitrogens with one attached hydrogen (secondary N) is 4. The van der Waals surface area contributed by atoms with E-state index >= 15 is 0 Å². The summed E-state index contributed by atoms with van der Waals surface area (Å²) in [5.41, 5.74) is 13.0. The van der Waals surface area contributed by atoms with Crippen molar-refractivity contribution in [2.75, 3.05) is 17.7 Å². The Morgan fingerprint density at radius 1 is 1.13 bits per heavy atom. The Kier molecular flexibility index (Phi) is 4.75. The van der Waals surface area contributed by atoms with Crippen LogP contribution in [0.4, 0.5) is 11.4 Å². The van der Waals surface area contributed by atoms with E-state index in [2.05, 4.69) is 21.2 Å². The predicted octanol–water partition coefficient (Wildman–Crippen LogP) is 3.34. The van der Waals surface area contributed by atoms with Gasteiger partial charge >= 0.3 is 0 Å². The number of hydrazone groups is 1. The lowest BCUT2D eigenvalue weighted by atomic mass is 10.0. The molecule has 3 aromatic rings. The predicted molar refractivity (Wildman–Crippen MR) is 120 cm³/mol. The lowest BCUT2D eigenvalue weighted by Gasteiger charge is -2.19. The van der Waals surface area contributed by atoms with Gasteiger partial charge in [-0.25, -0.2) is 5.43 Å². The molecule has 6 N–H and O–H groups in total. The molecule has 0 radical (unpaired) electrons. The summed E-state index contributed by atoms with van der Waals surface area (Å²) in [7, 11) is 1.84. The van der Waals surface area contributed by atoms with E-state index in [0.717, 1.165) is 27.9 Å². The molecule has 8 heteroatoms. The van der Waals surface area contributed by atoms with Crippen molar-refractivity contribution in [3.05, 3.63) is 64.9 Å². The van der Waals surface area contributed by atoms with Crippen molar-refractivity contribution in [2.45, 2.75) is 13.8 Å². The largest absolute Gasteiger partial charge is 0.454 e. The number of hydrogen-bond acceptors (Lipinski definition) is 7. The molecule has 0 spiro atoms. The molecule has 1 aliphatic heterocycles. The SMILES string of the molecule is CNc1ccc(N/C(=C2\C(=N)C(=O)NN=C2N)c2oc3ccc(C)cc3c2C)cc1. The molecule has 0 fully saturated rings. The highest BCUT2D eigenvalue weighted by atomic mass is 16.3. The van der Waals surface area contributed by atoms with E-state index in [9.17, 15) is 4.79 Å². The highest BCUT2D eigenvalue weighted by molar-refractivity contribution is 6.53. The van der Waals surface area contributed by atoms with Crippen molar-refractivity contribution < 1.29 is 9.21 Å². The van der Waals surface area contributed by atoms with Gasteiger partial charge in [0.05, 0.1) is 11.3 Å². The molecule has 152 valence electrons. The normalized spacial score (nSPS) is 15.6. The second-order valence-electron chi connectivity index (χ2n) is 7.07. The number of hydrogen-bond donors (Lipinski definition) is 5. The van der Waals surface area contributed by atoms with Crippen LogP contribution in [-0.4, -0.2) is 24.5 Å². The third-order valence-corrected chi connectivity index (χ3v) is 5.02. The first-order valence-electron chi connectivity index (χ1n) is 9.41. The van der Waals surface area contributed by atoms with Crippen LogP contribution >= 0.6 is 0 Å². The number of benzene rings is 2. The maximum absolute atomic E-state index is 12.1. The van der Waals surface area contributed by atoms with Gasteiger partial charge < -0.3 is 20.8 Å². The fraction of sp³-hybridized carbons (Fsp3) is 0.136. The average Bonchev–Trinajstić information content (AvgIpc) is 3.06. The minimum atomic E-state index is -0.631. The number of carbonyl (C=O) groups is 1. The molecule has 0 atom stereocenters. The van der Waals surface area contributed by atoms with Gasteiger partial charge in [-0.2, -0.15) is 5.10 Å². The number of aryl methyl sites for hydroxylation is 2. The molecule has 0 saturated carbocycles. The number of nitrogens with two attached hydrogens (primary N) is 1. The highest BCUT2D eigenvalue weighted by Crippen LogP contribution is 2.34. The Balaban J connectivity index is 1.94. The van der Waals surface area contributed by atoms with Gasteiger partial charge in [0.25, 0.3) is 5.91 Å². The smallest absolute Gasteiger partial charge is 0.290 e. The lowest BCUT2D eigenvalue weighted by Crippen LogP contribution is -2.40. The zero-order valence-corrected chi connectivity index (χ0v) is 16.9. The van der Waals surface area contributed by atoms with Gasteiger partial charge in [-0.15, -0.1) is 0 Å². The van der Waals surface area contributed by atoms with Gasteiger partial charge in [0, 0.05) is 29.4 Å². The summed E-state index contributed by atoms with van der Waals surface area (Å²) in [6.45, 7) is 3.95. The Bertz CT molecular complexity index is 1230. The van der Waals surface area contributed by atoms with Crippen LogP contribution in [0.25, 0.3) is 16.7 Å². The summed E-state index contributed by atoms with van der Waals surface area (Å²) >= 11 is 0. The summed E-state index contributed by atoms with van der Waals surface area (Å²) < 4.78 is 6.15. The molecule has 0 aliphatic carbocycles. The topological polar surface area (TPSA) is 129 Å². The standard InChI is InChI=1S/C22H22N6O2/c1-11-4-9-16-15(10-11)12(2)20(30-16)19(17-18(23)22(29)28-27-21(17)24)26-14-7-5-13(25-3)6-8-14/h4-10,23,25-26H,1-3H3,(H2,24,27)(H,28,29)/b19-17+,23-18?. The zero-order chi connectivity index (χ0) is 21.4. The van der Waals surface area contributed by atoms with E-state index in [1.54, 1.807) is 0 Å². The Labute approximate surface area is 173 Å². The molecular formula is C22H22N6O2. The average molecular weight is 402 g/mol. The first kappa shape index (κ1) is 19.3. The monoisotopic (exact) mass is 402 g/mol. The molecule has 8 nitrogen and oxygen atoms in total. The van der Waals surface area contributed by atoms with Crippen molar-refractivity contribution in [1.82, 2.24) is 5.43 Å². The quantitative estimate of drug-likeness (QED) is 0.457. The second kappa shape index (κ2) is 7.40. The Hall–Kier alpha value is -4.07. The van der Waals surface area contributed by atoms with E-state index in [1.165, 1.54) is 0 Å². The van der Waals surface area contributed by atoms with Crippen molar-refractivity contribution >= 4 is 45.5 Å². The first-order chi connectivity index (χ1) is 14.4. The van der Waals surface area contributed by atoms with E-state index < -0.39 is 5.91 Å². The van der Waals surface area contributed by atoms with Gasteiger partial charge in [0.1, 0.15) is 11.3 Å². The van der Waals surface area contributed by atoms with E-state index in [0.29, 0.717) is 17.0 Å². The number of amides is 1. The number of rotatable bonds is 4. The molecule has 0 unspecified atom stereocenters. The number of nitrogens with zero attached hydrogens (tertiary/aromatic N) is 1. The second-order valence-corrected chi connectivity index (χ2v) is 7.07. The van der Waals surface area contributed by atoms with E-state index in [1.807, 2.05) is 63.4 Å². The molecule has 1 aliphatic rings. The number of fused-ring (bicyclic) bond motifs is 1. The third kappa shape index (κ3) is 3.28. The molecule has 0 bridgehead atoms. The first-order valence-corrected chi connectivity index (χ1v) is 9.41. The molecular weight excluding hydrogens is 380 g/mol. The molecule has 30 heavy (non-hydrogen) atoms. The summed E-state index contributed by atoms with van der Waals surface area (Å²) in [5, 5.41) is 19.5. The number of anilines is 2. The third-order valence-electron chi connectivity index (χ3n) is 5.02. The molecule has 4 rings (SSSR count).